The number of ether oxygens (including phenoxy) is 1. The van der Waals surface area contributed by atoms with Crippen LogP contribution in [0, 0.1) is 10.1 Å². The van der Waals surface area contributed by atoms with E-state index in [2.05, 4.69) is 9.97 Å². The first kappa shape index (κ1) is 15.8. The number of nitrogens with zero attached hydrogens (tertiary/aromatic N) is 2. The van der Waals surface area contributed by atoms with Crippen molar-refractivity contribution in [3.63, 3.8) is 0 Å². The van der Waals surface area contributed by atoms with Gasteiger partial charge in [-0.1, -0.05) is 23.5 Å². The molecule has 2 aromatic heterocycles. The molecule has 24 heavy (non-hydrogen) atoms. The SMILES string of the molecule is C[C@@H](OC(=O)c1ccc([N+](=O)[O-])s1)c1nc2ccccc2c(=O)[nH]1. The van der Waals surface area contributed by atoms with Crippen LogP contribution in [-0.4, -0.2) is 20.9 Å². The van der Waals surface area contributed by atoms with Gasteiger partial charge in [0.25, 0.3) is 5.56 Å². The molecule has 1 aromatic carbocycles. The Morgan fingerprint density at radius 2 is 2.08 bits per heavy atom. The first-order valence-electron chi connectivity index (χ1n) is 6.90. The third-order valence-electron chi connectivity index (χ3n) is 3.27. The first-order valence-corrected chi connectivity index (χ1v) is 7.71. The summed E-state index contributed by atoms with van der Waals surface area (Å²) in [5, 5.41) is 10.9. The molecule has 1 atom stereocenters. The van der Waals surface area contributed by atoms with Gasteiger partial charge < -0.3 is 9.72 Å². The van der Waals surface area contributed by atoms with Crippen molar-refractivity contribution in [2.75, 3.05) is 0 Å². The van der Waals surface area contributed by atoms with Crippen LogP contribution in [0.4, 0.5) is 5.00 Å². The summed E-state index contributed by atoms with van der Waals surface area (Å²) >= 11 is 0.726. The number of carbonyl (C=O) groups is 1. The minimum Gasteiger partial charge on any atom is -0.450 e. The lowest BCUT2D eigenvalue weighted by atomic mass is 10.2. The molecule has 9 heteroatoms. The van der Waals surface area contributed by atoms with Crippen LogP contribution in [0.25, 0.3) is 10.9 Å². The predicted molar refractivity (Wildman–Crippen MR) is 87.2 cm³/mol. The zero-order valence-corrected chi connectivity index (χ0v) is 13.2. The number of hydrogen-bond donors (Lipinski definition) is 1. The van der Waals surface area contributed by atoms with Gasteiger partial charge in [0, 0.05) is 6.07 Å². The Morgan fingerprint density at radius 3 is 2.79 bits per heavy atom. The lowest BCUT2D eigenvalue weighted by Crippen LogP contribution is -2.17. The van der Waals surface area contributed by atoms with E-state index in [1.54, 1.807) is 31.2 Å². The zero-order chi connectivity index (χ0) is 17.3. The molecule has 8 nitrogen and oxygen atoms in total. The third kappa shape index (κ3) is 3.01. The molecule has 0 saturated carbocycles. The van der Waals surface area contributed by atoms with E-state index in [-0.39, 0.29) is 21.3 Å². The first-order chi connectivity index (χ1) is 11.5. The van der Waals surface area contributed by atoms with Gasteiger partial charge >= 0.3 is 11.0 Å². The zero-order valence-electron chi connectivity index (χ0n) is 12.4. The van der Waals surface area contributed by atoms with Gasteiger partial charge in [0.2, 0.25) is 0 Å². The highest BCUT2D eigenvalue weighted by Crippen LogP contribution is 2.26. The average Bonchev–Trinajstić information content (AvgIpc) is 3.05. The quantitative estimate of drug-likeness (QED) is 0.442. The molecule has 0 aliphatic carbocycles. The molecule has 0 unspecified atom stereocenters. The van der Waals surface area contributed by atoms with E-state index in [1.165, 1.54) is 12.1 Å². The number of para-hydroxylation sites is 1. The number of nitro groups is 1. The van der Waals surface area contributed by atoms with Crippen LogP contribution in [0.1, 0.15) is 28.5 Å². The highest BCUT2D eigenvalue weighted by Gasteiger charge is 2.20. The van der Waals surface area contributed by atoms with Crippen LogP contribution >= 0.6 is 11.3 Å². The molecule has 0 fully saturated rings. The number of esters is 1. The normalized spacial score (nSPS) is 12.0. The maximum Gasteiger partial charge on any atom is 0.349 e. The summed E-state index contributed by atoms with van der Waals surface area (Å²) in [6.45, 7) is 1.56. The second-order valence-electron chi connectivity index (χ2n) is 4.91. The molecule has 1 N–H and O–H groups in total. The van der Waals surface area contributed by atoms with E-state index in [4.69, 9.17) is 4.74 Å². The highest BCUT2D eigenvalue weighted by atomic mass is 32.1. The molecule has 0 saturated heterocycles. The summed E-state index contributed by atoms with van der Waals surface area (Å²) in [6.07, 6.45) is -0.809. The van der Waals surface area contributed by atoms with Crippen LogP contribution in [-0.2, 0) is 4.74 Å². The molecule has 122 valence electrons. The van der Waals surface area contributed by atoms with Crippen LogP contribution < -0.4 is 5.56 Å². The Kier molecular flexibility index (Phi) is 4.09. The Hall–Kier alpha value is -3.07. The van der Waals surface area contributed by atoms with Crippen molar-refractivity contribution >= 4 is 33.2 Å². The van der Waals surface area contributed by atoms with Crippen LogP contribution in [0.2, 0.25) is 0 Å². The molecule has 3 aromatic rings. The molecule has 0 radical (unpaired) electrons. The lowest BCUT2D eigenvalue weighted by molar-refractivity contribution is -0.380. The maximum absolute atomic E-state index is 12.1. The van der Waals surface area contributed by atoms with E-state index in [0.717, 1.165) is 11.3 Å². The molecule has 0 spiro atoms. The van der Waals surface area contributed by atoms with Crippen LogP contribution in [0.5, 0.6) is 0 Å². The smallest absolute Gasteiger partial charge is 0.349 e. The topological polar surface area (TPSA) is 115 Å². The monoisotopic (exact) mass is 345 g/mol. The molecular weight excluding hydrogens is 334 g/mol. The van der Waals surface area contributed by atoms with Gasteiger partial charge in [-0.05, 0) is 25.1 Å². The number of aromatic amines is 1. The Labute approximate surface area is 138 Å². The van der Waals surface area contributed by atoms with Gasteiger partial charge in [-0.2, -0.15) is 0 Å². The van der Waals surface area contributed by atoms with Gasteiger partial charge in [-0.3, -0.25) is 14.9 Å². The van der Waals surface area contributed by atoms with Crippen molar-refractivity contribution in [2.45, 2.75) is 13.0 Å². The van der Waals surface area contributed by atoms with Gasteiger partial charge in [0.15, 0.2) is 11.9 Å². The predicted octanol–water partition coefficient (Wildman–Crippen LogP) is 2.81. The summed E-state index contributed by atoms with van der Waals surface area (Å²) in [7, 11) is 0. The van der Waals surface area contributed by atoms with E-state index >= 15 is 0 Å². The Morgan fingerprint density at radius 1 is 1.33 bits per heavy atom. The number of H-pyrrole nitrogens is 1. The summed E-state index contributed by atoms with van der Waals surface area (Å²) in [6, 6.07) is 9.38. The van der Waals surface area contributed by atoms with E-state index in [0.29, 0.717) is 10.9 Å². The van der Waals surface area contributed by atoms with Crippen molar-refractivity contribution in [3.05, 3.63) is 67.6 Å². The number of benzene rings is 1. The minimum atomic E-state index is -0.809. The average molecular weight is 345 g/mol. The van der Waals surface area contributed by atoms with Gasteiger partial charge in [0.1, 0.15) is 4.88 Å². The second kappa shape index (κ2) is 6.20. The number of carbonyl (C=O) groups excluding carboxylic acids is 1. The molecule has 0 aliphatic heterocycles. The van der Waals surface area contributed by atoms with Crippen molar-refractivity contribution in [3.8, 4) is 0 Å². The van der Waals surface area contributed by atoms with Crippen LogP contribution in [0.15, 0.2) is 41.2 Å². The number of fused-ring (bicyclic) bond motifs is 1. The second-order valence-corrected chi connectivity index (χ2v) is 5.97. The molecule has 0 aliphatic rings. The Balaban J connectivity index is 1.83. The van der Waals surface area contributed by atoms with E-state index in [9.17, 15) is 19.7 Å². The number of nitrogens with one attached hydrogen (secondary N) is 1. The molecular formula is C15H11N3O5S. The molecule has 3 rings (SSSR count). The third-order valence-corrected chi connectivity index (χ3v) is 4.29. The molecule has 0 amide bonds. The summed E-state index contributed by atoms with van der Waals surface area (Å²) in [4.78, 5) is 41.1. The fourth-order valence-corrected chi connectivity index (χ4v) is 2.81. The summed E-state index contributed by atoms with van der Waals surface area (Å²) in [5.74, 6) is -0.505. The van der Waals surface area contributed by atoms with Crippen molar-refractivity contribution < 1.29 is 14.5 Å². The maximum atomic E-state index is 12.1. The lowest BCUT2D eigenvalue weighted by Gasteiger charge is -2.12. The number of hydrogen-bond acceptors (Lipinski definition) is 7. The van der Waals surface area contributed by atoms with E-state index in [1.807, 2.05) is 0 Å². The minimum absolute atomic E-state index is 0.108. The fraction of sp³-hybridized carbons (Fsp3) is 0.133. The van der Waals surface area contributed by atoms with Gasteiger partial charge in [-0.15, -0.1) is 0 Å². The van der Waals surface area contributed by atoms with Crippen molar-refractivity contribution in [1.29, 1.82) is 0 Å². The largest absolute Gasteiger partial charge is 0.450 e. The summed E-state index contributed by atoms with van der Waals surface area (Å²) < 4.78 is 5.24. The summed E-state index contributed by atoms with van der Waals surface area (Å²) in [5.41, 5.74) is 0.163. The highest BCUT2D eigenvalue weighted by molar-refractivity contribution is 7.17. The fourth-order valence-electron chi connectivity index (χ4n) is 2.11. The van der Waals surface area contributed by atoms with Gasteiger partial charge in [-0.25, -0.2) is 9.78 Å². The van der Waals surface area contributed by atoms with Gasteiger partial charge in [0.05, 0.1) is 15.8 Å². The molecule has 0 bridgehead atoms. The van der Waals surface area contributed by atoms with Crippen LogP contribution in [0.3, 0.4) is 0 Å². The van der Waals surface area contributed by atoms with E-state index < -0.39 is 17.0 Å². The van der Waals surface area contributed by atoms with Crippen molar-refractivity contribution in [1.82, 2.24) is 9.97 Å². The number of thiophene rings is 1. The molecule has 2 heterocycles. The number of rotatable bonds is 4. The number of aromatic nitrogens is 2. The standard InChI is InChI=1S/C15H11N3O5S/c1-8(23-15(20)11-6-7-12(24-11)18(21)22)13-16-10-5-3-2-4-9(10)14(19)17-13/h2-8H,1H3,(H,16,17,19)/t8-/m1/s1. The van der Waals surface area contributed by atoms with Crippen molar-refractivity contribution in [2.24, 2.45) is 0 Å². The Bertz CT molecular complexity index is 994.